The molecule has 0 aliphatic rings. The molecule has 0 aliphatic heterocycles. The number of aromatic nitrogens is 3. The Morgan fingerprint density at radius 1 is 1.12 bits per heavy atom. The lowest BCUT2D eigenvalue weighted by Crippen LogP contribution is -2.25. The van der Waals surface area contributed by atoms with Crippen molar-refractivity contribution >= 4 is 23.6 Å². The van der Waals surface area contributed by atoms with Crippen LogP contribution in [0.5, 0.6) is 0 Å². The van der Waals surface area contributed by atoms with Crippen LogP contribution in [-0.2, 0) is 22.3 Å². The van der Waals surface area contributed by atoms with Gasteiger partial charge in [0.25, 0.3) is 5.91 Å². The Morgan fingerprint density at radius 3 is 2.56 bits per heavy atom. The zero-order chi connectivity index (χ0) is 23.3. The average Bonchev–Trinajstić information content (AvgIpc) is 3.18. The van der Waals surface area contributed by atoms with Crippen molar-refractivity contribution in [3.63, 3.8) is 0 Å². The van der Waals surface area contributed by atoms with Crippen LogP contribution in [0.1, 0.15) is 21.7 Å². The number of hydrogen-bond acceptors (Lipinski definition) is 6. The molecule has 32 heavy (non-hydrogen) atoms. The number of nitrogens with one attached hydrogen (secondary N) is 1. The lowest BCUT2D eigenvalue weighted by molar-refractivity contribution is -0.138. The Morgan fingerprint density at radius 2 is 1.88 bits per heavy atom. The van der Waals surface area contributed by atoms with Gasteiger partial charge in [-0.1, -0.05) is 30.0 Å². The molecule has 3 rings (SSSR count). The van der Waals surface area contributed by atoms with Crippen molar-refractivity contribution in [3.05, 3.63) is 71.3 Å². The van der Waals surface area contributed by atoms with Gasteiger partial charge < -0.3 is 10.1 Å². The molecular weight excluding hydrogens is 452 g/mol. The summed E-state index contributed by atoms with van der Waals surface area (Å²) in [6, 6.07) is 9.77. The first-order valence-corrected chi connectivity index (χ1v) is 10.0. The number of amides is 1. The largest absolute Gasteiger partial charge is 0.468 e. The fourth-order valence-electron chi connectivity index (χ4n) is 2.67. The first-order chi connectivity index (χ1) is 15.2. The van der Waals surface area contributed by atoms with E-state index in [1.54, 1.807) is 0 Å². The van der Waals surface area contributed by atoms with Gasteiger partial charge >= 0.3 is 12.1 Å². The Kier molecular flexibility index (Phi) is 7.13. The molecule has 0 unspecified atom stereocenters. The number of hydrogen-bond donors (Lipinski definition) is 1. The zero-order valence-corrected chi connectivity index (χ0v) is 17.3. The topological polar surface area (TPSA) is 86.1 Å². The molecule has 1 N–H and O–H groups in total. The third kappa shape index (κ3) is 5.44. The summed E-state index contributed by atoms with van der Waals surface area (Å²) in [6.45, 7) is -0.255. The molecule has 0 saturated carbocycles. The molecule has 1 amide bonds. The van der Waals surface area contributed by atoms with E-state index in [1.165, 1.54) is 42.0 Å². The number of esters is 1. The number of alkyl halides is 3. The fourth-order valence-corrected chi connectivity index (χ4v) is 3.47. The van der Waals surface area contributed by atoms with Gasteiger partial charge in [-0.3, -0.25) is 14.2 Å². The van der Waals surface area contributed by atoms with E-state index in [9.17, 15) is 27.2 Å². The van der Waals surface area contributed by atoms with E-state index >= 15 is 0 Å². The second kappa shape index (κ2) is 9.81. The molecule has 1 aromatic heterocycles. The minimum atomic E-state index is -4.58. The third-order valence-electron chi connectivity index (χ3n) is 4.20. The highest BCUT2D eigenvalue weighted by molar-refractivity contribution is 7.99. The molecule has 0 saturated heterocycles. The molecule has 0 atom stereocenters. The quantitative estimate of drug-likeness (QED) is 0.324. The number of nitrogens with zero attached hydrogens (tertiary/aromatic N) is 3. The van der Waals surface area contributed by atoms with Crippen molar-refractivity contribution < 1.29 is 31.9 Å². The predicted octanol–water partition coefficient (Wildman–Crippen LogP) is 3.62. The molecule has 12 heteroatoms. The van der Waals surface area contributed by atoms with Gasteiger partial charge in [-0.25, -0.2) is 4.39 Å². The minimum absolute atomic E-state index is 0.0762. The summed E-state index contributed by atoms with van der Waals surface area (Å²) in [5, 5.41) is 10.4. The lowest BCUT2D eigenvalue weighted by Gasteiger charge is -2.13. The Balaban J connectivity index is 1.92. The number of carbonyl (C=O) groups excluding carboxylic acids is 2. The summed E-state index contributed by atoms with van der Waals surface area (Å²) >= 11 is 0.903. The molecule has 0 bridgehead atoms. The van der Waals surface area contributed by atoms with Crippen LogP contribution in [0.2, 0.25) is 0 Å². The van der Waals surface area contributed by atoms with Crippen LogP contribution in [0, 0.1) is 5.82 Å². The molecule has 7 nitrogen and oxygen atoms in total. The number of benzene rings is 2. The fraction of sp³-hybridized carbons (Fsp3) is 0.200. The molecule has 168 valence electrons. The van der Waals surface area contributed by atoms with Crippen molar-refractivity contribution in [2.24, 2.45) is 0 Å². The van der Waals surface area contributed by atoms with Crippen LogP contribution in [-0.4, -0.2) is 39.5 Å². The molecule has 0 spiro atoms. The van der Waals surface area contributed by atoms with E-state index in [-0.39, 0.29) is 34.5 Å². The molecule has 0 aliphatic carbocycles. The highest BCUT2D eigenvalue weighted by Gasteiger charge is 2.31. The summed E-state index contributed by atoms with van der Waals surface area (Å²) in [4.78, 5) is 23.8. The Hall–Kier alpha value is -3.41. The van der Waals surface area contributed by atoms with Crippen molar-refractivity contribution in [1.29, 1.82) is 0 Å². The second-order valence-corrected chi connectivity index (χ2v) is 7.25. The Labute approximate surface area is 183 Å². The van der Waals surface area contributed by atoms with E-state index in [0.29, 0.717) is 0 Å². The summed E-state index contributed by atoms with van der Waals surface area (Å²) in [5.41, 5.74) is -1.01. The van der Waals surface area contributed by atoms with Gasteiger partial charge in [-0.2, -0.15) is 13.2 Å². The molecule has 2 aromatic carbocycles. The van der Waals surface area contributed by atoms with Gasteiger partial charge in [0.15, 0.2) is 11.0 Å². The van der Waals surface area contributed by atoms with E-state index < -0.39 is 29.4 Å². The SMILES string of the molecule is COC(=O)CSc1nnc(CNC(=O)c2ccccc2F)n1-c1cccc(C(F)(F)F)c1. The van der Waals surface area contributed by atoms with Gasteiger partial charge in [-0.05, 0) is 30.3 Å². The first-order valence-electron chi connectivity index (χ1n) is 9.05. The van der Waals surface area contributed by atoms with Crippen molar-refractivity contribution in [1.82, 2.24) is 20.1 Å². The second-order valence-electron chi connectivity index (χ2n) is 6.31. The lowest BCUT2D eigenvalue weighted by atomic mass is 10.2. The van der Waals surface area contributed by atoms with Crippen LogP contribution < -0.4 is 5.32 Å². The van der Waals surface area contributed by atoms with Crippen molar-refractivity contribution in [2.75, 3.05) is 12.9 Å². The standard InChI is InChI=1S/C20H16F4N4O3S/c1-31-17(29)11-32-19-27-26-16(10-25-18(30)14-7-2-3-8-15(14)21)28(19)13-6-4-5-12(9-13)20(22,23)24/h2-9H,10-11H2,1H3,(H,25,30). The molecular formula is C20H16F4N4O3S. The molecule has 0 fully saturated rings. The van der Waals surface area contributed by atoms with Crippen LogP contribution in [0.25, 0.3) is 5.69 Å². The number of ether oxygens (including phenoxy) is 1. The van der Waals surface area contributed by atoms with Crippen LogP contribution in [0.3, 0.4) is 0 Å². The Bertz CT molecular complexity index is 1130. The number of methoxy groups -OCH3 is 1. The van der Waals surface area contributed by atoms with Crippen LogP contribution in [0.4, 0.5) is 17.6 Å². The summed E-state index contributed by atoms with van der Waals surface area (Å²) in [6.07, 6.45) is -4.58. The van der Waals surface area contributed by atoms with Crippen molar-refractivity contribution in [2.45, 2.75) is 17.9 Å². The first kappa shape index (κ1) is 23.3. The third-order valence-corrected chi connectivity index (χ3v) is 5.11. The highest BCUT2D eigenvalue weighted by Crippen LogP contribution is 2.31. The maximum Gasteiger partial charge on any atom is 0.416 e. The van der Waals surface area contributed by atoms with Gasteiger partial charge in [0.1, 0.15) is 5.82 Å². The van der Waals surface area contributed by atoms with Crippen LogP contribution >= 0.6 is 11.8 Å². The molecule has 3 aromatic rings. The normalized spacial score (nSPS) is 11.3. The van der Waals surface area contributed by atoms with Gasteiger partial charge in [0.2, 0.25) is 0 Å². The smallest absolute Gasteiger partial charge is 0.416 e. The molecule has 1 heterocycles. The van der Waals surface area contributed by atoms with Gasteiger partial charge in [0.05, 0.1) is 36.2 Å². The highest BCUT2D eigenvalue weighted by atomic mass is 32.2. The monoisotopic (exact) mass is 468 g/mol. The van der Waals surface area contributed by atoms with Crippen molar-refractivity contribution in [3.8, 4) is 5.69 Å². The van der Waals surface area contributed by atoms with E-state index in [0.717, 1.165) is 30.0 Å². The van der Waals surface area contributed by atoms with E-state index in [4.69, 9.17) is 0 Å². The number of carbonyl (C=O) groups is 2. The van der Waals surface area contributed by atoms with Gasteiger partial charge in [-0.15, -0.1) is 10.2 Å². The average molecular weight is 468 g/mol. The zero-order valence-electron chi connectivity index (χ0n) is 16.5. The maximum atomic E-state index is 13.8. The summed E-state index contributed by atoms with van der Waals surface area (Å²) < 4.78 is 59.3. The molecule has 0 radical (unpaired) electrons. The van der Waals surface area contributed by atoms with E-state index in [2.05, 4.69) is 20.3 Å². The predicted molar refractivity (Wildman–Crippen MR) is 107 cm³/mol. The summed E-state index contributed by atoms with van der Waals surface area (Å²) in [5.74, 6) is -2.09. The van der Waals surface area contributed by atoms with E-state index in [1.807, 2.05) is 0 Å². The maximum absolute atomic E-state index is 13.8. The number of thioether (sulfide) groups is 1. The number of rotatable bonds is 7. The van der Waals surface area contributed by atoms with Gasteiger partial charge in [0, 0.05) is 0 Å². The minimum Gasteiger partial charge on any atom is -0.468 e. The number of halogens is 4. The summed E-state index contributed by atoms with van der Waals surface area (Å²) in [7, 11) is 1.20. The van der Waals surface area contributed by atoms with Crippen LogP contribution in [0.15, 0.2) is 53.7 Å².